The van der Waals surface area contributed by atoms with Gasteiger partial charge in [0.05, 0.1) is 0 Å². The second-order valence-corrected chi connectivity index (χ2v) is 14.4. The van der Waals surface area contributed by atoms with Crippen LogP contribution in [0, 0.1) is 32.5 Å². The first-order chi connectivity index (χ1) is 11.6. The van der Waals surface area contributed by atoms with Crippen molar-refractivity contribution in [2.45, 2.75) is 107 Å². The van der Waals surface area contributed by atoms with E-state index in [9.17, 15) is 0 Å². The molecule has 3 unspecified atom stereocenters. The first kappa shape index (κ1) is 23.5. The number of rotatable bonds is 0. The Kier molecular flexibility index (Phi) is 4.93. The first-order valence-corrected chi connectivity index (χ1v) is 11.8. The molecule has 0 spiro atoms. The fraction of sp³-hybridized carbons (Fsp3) is 0.846. The number of alkyl halides is 1. The molecule has 3 aliphatic carbocycles. The van der Waals surface area contributed by atoms with E-state index in [1.807, 2.05) is 0 Å². The third-order valence-electron chi connectivity index (χ3n) is 12.1. The van der Waals surface area contributed by atoms with Crippen molar-refractivity contribution in [2.75, 3.05) is 0 Å². The van der Waals surface area contributed by atoms with Crippen LogP contribution < -0.4 is 0 Å². The summed E-state index contributed by atoms with van der Waals surface area (Å²) in [4.78, 5) is 0. The molecule has 0 N–H and O–H groups in total. The molecular formula is C26H45I. The summed E-state index contributed by atoms with van der Waals surface area (Å²) in [6.07, 6.45) is 0. The summed E-state index contributed by atoms with van der Waals surface area (Å²) in [7, 11) is 0. The van der Waals surface area contributed by atoms with Gasteiger partial charge in [-0.05, 0) is 56.3 Å². The number of halogens is 1. The molecule has 0 fully saturated rings. The smallest absolute Gasteiger partial charge is 0.0497 e. The lowest BCUT2D eigenvalue weighted by atomic mass is 9.31. The van der Waals surface area contributed by atoms with E-state index >= 15 is 0 Å². The predicted octanol–water partition coefficient (Wildman–Crippen LogP) is 9.00. The van der Waals surface area contributed by atoms with E-state index in [1.165, 1.54) is 0 Å². The number of hydrogen-bond acceptors (Lipinski definition) is 0. The summed E-state index contributed by atoms with van der Waals surface area (Å²) in [5.74, 6) is 0. The molecule has 0 saturated carbocycles. The summed E-state index contributed by atoms with van der Waals surface area (Å²) >= 11 is 2.80. The molecule has 0 aromatic rings. The van der Waals surface area contributed by atoms with Gasteiger partial charge in [0.15, 0.2) is 0 Å². The van der Waals surface area contributed by atoms with Crippen molar-refractivity contribution in [1.82, 2.24) is 0 Å². The summed E-state index contributed by atoms with van der Waals surface area (Å²) in [5.41, 5.74) is 6.97. The van der Waals surface area contributed by atoms with Crippen LogP contribution in [-0.2, 0) is 0 Å². The molecular weight excluding hydrogens is 439 g/mol. The van der Waals surface area contributed by atoms with Crippen LogP contribution >= 0.6 is 22.6 Å². The molecule has 0 aromatic carbocycles. The minimum absolute atomic E-state index is 0.0514. The monoisotopic (exact) mass is 484 g/mol. The van der Waals surface area contributed by atoms with Crippen LogP contribution in [0.15, 0.2) is 22.3 Å². The van der Waals surface area contributed by atoms with Gasteiger partial charge in [0, 0.05) is 14.3 Å². The molecule has 0 saturated heterocycles. The molecule has 3 atom stereocenters. The maximum atomic E-state index is 2.80. The lowest BCUT2D eigenvalue weighted by Gasteiger charge is -2.74. The third-order valence-corrected chi connectivity index (χ3v) is 14.0. The molecule has 0 radical (unpaired) electrons. The highest BCUT2D eigenvalue weighted by molar-refractivity contribution is 14.1. The Balaban J connectivity index is 3.36. The maximum absolute atomic E-state index is 2.80. The Morgan fingerprint density at radius 3 is 1.19 bits per heavy atom. The molecule has 3 rings (SSSR count). The predicted molar refractivity (Wildman–Crippen MR) is 131 cm³/mol. The van der Waals surface area contributed by atoms with Gasteiger partial charge in [0.25, 0.3) is 0 Å². The van der Waals surface area contributed by atoms with Gasteiger partial charge in [-0.25, -0.2) is 0 Å². The number of hydrogen-bond donors (Lipinski definition) is 0. The van der Waals surface area contributed by atoms with Gasteiger partial charge in [-0.15, -0.1) is 0 Å². The zero-order chi connectivity index (χ0) is 21.8. The molecule has 0 aliphatic heterocycles. The highest BCUT2D eigenvalue weighted by atomic mass is 127. The van der Waals surface area contributed by atoms with Gasteiger partial charge in [0.2, 0.25) is 0 Å². The fourth-order valence-electron chi connectivity index (χ4n) is 7.48. The Morgan fingerprint density at radius 2 is 0.778 bits per heavy atom. The fourth-order valence-corrected chi connectivity index (χ4v) is 8.96. The standard InChI is InChI=1S/C26H45I/c1-16-17(2)25(14)23(11,12)21(7,8)22(9,10)24(13,20(16,5)6)18(3)19(4)26(25,15)27/h1-15H3/b17-16-,19-18-. The second kappa shape index (κ2) is 5.67. The van der Waals surface area contributed by atoms with Crippen molar-refractivity contribution in [3.05, 3.63) is 22.3 Å². The lowest BCUT2D eigenvalue weighted by molar-refractivity contribution is -0.173. The van der Waals surface area contributed by atoms with E-state index in [-0.39, 0.29) is 35.9 Å². The Bertz CT molecular complexity index is 676. The number of fused-ring (bicyclic) bond motifs is 4. The van der Waals surface area contributed by atoms with Crippen LogP contribution in [0.25, 0.3) is 0 Å². The third kappa shape index (κ3) is 2.07. The first-order valence-electron chi connectivity index (χ1n) is 10.7. The molecule has 0 heterocycles. The van der Waals surface area contributed by atoms with Crippen LogP contribution in [0.2, 0.25) is 0 Å². The van der Waals surface area contributed by atoms with Gasteiger partial charge >= 0.3 is 0 Å². The Hall–Kier alpha value is 0.210. The SMILES string of the molecule is C/C1=C(\C)C2(C)C(C)(I)/C(C)=C(/C)C(C)(C1(C)C)C(C)(C)C(C)(C)C2(C)C. The Labute approximate surface area is 184 Å². The van der Waals surface area contributed by atoms with Gasteiger partial charge in [-0.1, -0.05) is 114 Å². The summed E-state index contributed by atoms with van der Waals surface area (Å²) < 4.78 is 0.0647. The van der Waals surface area contributed by atoms with Gasteiger partial charge < -0.3 is 0 Å². The highest BCUT2D eigenvalue weighted by Gasteiger charge is 2.72. The van der Waals surface area contributed by atoms with Crippen molar-refractivity contribution in [3.63, 3.8) is 0 Å². The van der Waals surface area contributed by atoms with Crippen LogP contribution in [0.3, 0.4) is 0 Å². The van der Waals surface area contributed by atoms with E-state index in [2.05, 4.69) is 126 Å². The van der Waals surface area contributed by atoms with E-state index in [0.29, 0.717) is 0 Å². The van der Waals surface area contributed by atoms with Gasteiger partial charge in [-0.3, -0.25) is 0 Å². The minimum atomic E-state index is 0.0514. The van der Waals surface area contributed by atoms with Crippen molar-refractivity contribution in [2.24, 2.45) is 32.5 Å². The average molecular weight is 485 g/mol. The Morgan fingerprint density at radius 1 is 0.444 bits per heavy atom. The van der Waals surface area contributed by atoms with Crippen LogP contribution in [0.1, 0.15) is 104 Å². The van der Waals surface area contributed by atoms with Gasteiger partial charge in [-0.2, -0.15) is 0 Å². The molecule has 27 heavy (non-hydrogen) atoms. The maximum Gasteiger partial charge on any atom is 0.0497 e. The van der Waals surface area contributed by atoms with E-state index < -0.39 is 0 Å². The van der Waals surface area contributed by atoms with Crippen molar-refractivity contribution >= 4 is 22.6 Å². The summed E-state index contributed by atoms with van der Waals surface area (Å²) in [6.45, 7) is 37.7. The minimum Gasteiger partial charge on any atom is -0.0733 e. The summed E-state index contributed by atoms with van der Waals surface area (Å²) in [6, 6.07) is 0. The van der Waals surface area contributed by atoms with E-state index in [0.717, 1.165) is 0 Å². The van der Waals surface area contributed by atoms with Crippen molar-refractivity contribution < 1.29 is 0 Å². The van der Waals surface area contributed by atoms with E-state index in [1.54, 1.807) is 22.3 Å². The molecule has 3 aliphatic rings. The molecule has 1 heteroatoms. The highest BCUT2D eigenvalue weighted by Crippen LogP contribution is 2.78. The molecule has 0 nitrogen and oxygen atoms in total. The summed E-state index contributed by atoms with van der Waals surface area (Å²) in [5, 5.41) is 0. The largest absolute Gasteiger partial charge is 0.0733 e. The second-order valence-electron chi connectivity index (χ2n) is 12.3. The molecule has 0 amide bonds. The zero-order valence-electron chi connectivity index (χ0n) is 20.9. The molecule has 0 aromatic heterocycles. The normalized spacial score (nSPS) is 48.0. The van der Waals surface area contributed by atoms with Crippen molar-refractivity contribution in [3.8, 4) is 0 Å². The molecule has 156 valence electrons. The topological polar surface area (TPSA) is 0 Å². The zero-order valence-corrected chi connectivity index (χ0v) is 23.0. The lowest BCUT2D eigenvalue weighted by Crippen LogP contribution is -2.68. The van der Waals surface area contributed by atoms with Gasteiger partial charge in [0.1, 0.15) is 0 Å². The van der Waals surface area contributed by atoms with Crippen LogP contribution in [0.4, 0.5) is 0 Å². The van der Waals surface area contributed by atoms with Crippen LogP contribution in [0.5, 0.6) is 0 Å². The van der Waals surface area contributed by atoms with Crippen LogP contribution in [-0.4, -0.2) is 3.42 Å². The molecule has 2 bridgehead atoms. The average Bonchev–Trinajstić information content (AvgIpc) is 2.54. The quantitative estimate of drug-likeness (QED) is 0.183. The van der Waals surface area contributed by atoms with E-state index in [4.69, 9.17) is 0 Å². The van der Waals surface area contributed by atoms with Crippen molar-refractivity contribution in [1.29, 1.82) is 0 Å². The number of allylic oxidation sites excluding steroid dienone is 4.